The molecule has 0 aliphatic heterocycles. The van der Waals surface area contributed by atoms with Crippen molar-refractivity contribution in [3.63, 3.8) is 0 Å². The van der Waals surface area contributed by atoms with E-state index in [0.29, 0.717) is 5.69 Å². The summed E-state index contributed by atoms with van der Waals surface area (Å²) in [6.07, 6.45) is 1.94. The molecule has 18 heavy (non-hydrogen) atoms. The summed E-state index contributed by atoms with van der Waals surface area (Å²) in [6.45, 7) is 5.98. The molecule has 1 heterocycles. The summed E-state index contributed by atoms with van der Waals surface area (Å²) in [4.78, 5) is 4.41. The lowest BCUT2D eigenvalue weighted by molar-refractivity contribution is 0.243. The number of hydrogen-bond donors (Lipinski definition) is 1. The Labute approximate surface area is 108 Å². The van der Waals surface area contributed by atoms with Crippen molar-refractivity contribution in [2.24, 2.45) is 0 Å². The summed E-state index contributed by atoms with van der Waals surface area (Å²) < 4.78 is 5.79. The minimum Gasteiger partial charge on any atom is -0.490 e. The number of nitrogen functional groups attached to an aromatic ring is 1. The Hall–Kier alpha value is -2.03. The summed E-state index contributed by atoms with van der Waals surface area (Å²) in [5.41, 5.74) is 9.47. The van der Waals surface area contributed by atoms with Crippen molar-refractivity contribution in [2.45, 2.75) is 26.9 Å². The Morgan fingerprint density at radius 3 is 2.61 bits per heavy atom. The van der Waals surface area contributed by atoms with Crippen LogP contribution in [0.2, 0.25) is 0 Å². The highest BCUT2D eigenvalue weighted by Gasteiger charge is 2.11. The number of pyridine rings is 1. The van der Waals surface area contributed by atoms with E-state index in [-0.39, 0.29) is 6.10 Å². The quantitative estimate of drug-likeness (QED) is 0.897. The Morgan fingerprint density at radius 2 is 1.94 bits per heavy atom. The molecule has 0 radical (unpaired) electrons. The van der Waals surface area contributed by atoms with Crippen LogP contribution in [0.5, 0.6) is 5.75 Å². The number of aryl methyl sites for hydroxylation is 1. The van der Waals surface area contributed by atoms with Crippen molar-refractivity contribution in [2.75, 3.05) is 5.73 Å². The number of benzene rings is 1. The maximum absolute atomic E-state index is 6.04. The zero-order valence-electron chi connectivity index (χ0n) is 11.0. The fraction of sp³-hybridized carbons (Fsp3) is 0.267. The molecule has 0 aliphatic rings. The molecule has 0 atom stereocenters. The van der Waals surface area contributed by atoms with E-state index in [1.165, 1.54) is 0 Å². The zero-order chi connectivity index (χ0) is 13.1. The third-order valence-electron chi connectivity index (χ3n) is 2.56. The Morgan fingerprint density at radius 1 is 1.22 bits per heavy atom. The predicted octanol–water partition coefficient (Wildman–Crippen LogP) is 3.43. The van der Waals surface area contributed by atoms with E-state index >= 15 is 0 Å². The van der Waals surface area contributed by atoms with E-state index in [0.717, 1.165) is 22.6 Å². The van der Waals surface area contributed by atoms with Gasteiger partial charge < -0.3 is 10.5 Å². The van der Waals surface area contributed by atoms with Crippen molar-refractivity contribution in [3.05, 3.63) is 42.1 Å². The third-order valence-corrected chi connectivity index (χ3v) is 2.56. The fourth-order valence-corrected chi connectivity index (χ4v) is 1.84. The number of aromatic nitrogens is 1. The molecule has 0 fully saturated rings. The average molecular weight is 242 g/mol. The van der Waals surface area contributed by atoms with Crippen LogP contribution >= 0.6 is 0 Å². The molecular weight excluding hydrogens is 224 g/mol. The van der Waals surface area contributed by atoms with E-state index in [1.54, 1.807) is 0 Å². The molecular formula is C15H18N2O. The van der Waals surface area contributed by atoms with E-state index in [2.05, 4.69) is 4.98 Å². The Bertz CT molecular complexity index is 550. The summed E-state index contributed by atoms with van der Waals surface area (Å²) in [7, 11) is 0. The summed E-state index contributed by atoms with van der Waals surface area (Å²) in [6, 6.07) is 9.76. The van der Waals surface area contributed by atoms with Gasteiger partial charge in [-0.2, -0.15) is 0 Å². The smallest absolute Gasteiger partial charge is 0.129 e. The monoisotopic (exact) mass is 242 g/mol. The number of nitrogens with zero attached hydrogens (tertiary/aromatic N) is 1. The predicted molar refractivity (Wildman–Crippen MR) is 74.6 cm³/mol. The lowest BCUT2D eigenvalue weighted by Gasteiger charge is -2.14. The number of rotatable bonds is 3. The summed E-state index contributed by atoms with van der Waals surface area (Å²) >= 11 is 0. The lowest BCUT2D eigenvalue weighted by Crippen LogP contribution is -2.07. The zero-order valence-corrected chi connectivity index (χ0v) is 11.0. The first-order chi connectivity index (χ1) is 8.58. The largest absolute Gasteiger partial charge is 0.490 e. The highest BCUT2D eigenvalue weighted by Crippen LogP contribution is 2.32. The van der Waals surface area contributed by atoms with Crippen LogP contribution in [-0.2, 0) is 0 Å². The first-order valence-corrected chi connectivity index (χ1v) is 6.06. The van der Waals surface area contributed by atoms with Crippen LogP contribution in [0.3, 0.4) is 0 Å². The number of ether oxygens (including phenoxy) is 1. The van der Waals surface area contributed by atoms with Gasteiger partial charge in [0, 0.05) is 11.8 Å². The van der Waals surface area contributed by atoms with Crippen molar-refractivity contribution >= 4 is 5.69 Å². The molecule has 2 aromatic rings. The van der Waals surface area contributed by atoms with Gasteiger partial charge in [-0.1, -0.05) is 12.1 Å². The average Bonchev–Trinajstić information content (AvgIpc) is 2.30. The van der Waals surface area contributed by atoms with Crippen LogP contribution in [0.4, 0.5) is 5.69 Å². The van der Waals surface area contributed by atoms with Crippen molar-refractivity contribution < 1.29 is 4.74 Å². The van der Waals surface area contributed by atoms with Gasteiger partial charge in [-0.05, 0) is 44.5 Å². The van der Waals surface area contributed by atoms with Crippen LogP contribution in [0.25, 0.3) is 11.3 Å². The molecule has 0 saturated heterocycles. The Kier molecular flexibility index (Phi) is 3.51. The van der Waals surface area contributed by atoms with Gasteiger partial charge in [-0.25, -0.2) is 0 Å². The van der Waals surface area contributed by atoms with Gasteiger partial charge in [0.25, 0.3) is 0 Å². The molecule has 2 N–H and O–H groups in total. The molecule has 0 spiro atoms. The number of para-hydroxylation sites is 1. The number of anilines is 1. The van der Waals surface area contributed by atoms with Crippen molar-refractivity contribution in [3.8, 4) is 17.0 Å². The van der Waals surface area contributed by atoms with Gasteiger partial charge in [0.15, 0.2) is 0 Å². The van der Waals surface area contributed by atoms with E-state index in [1.807, 2.05) is 57.3 Å². The first-order valence-electron chi connectivity index (χ1n) is 6.06. The van der Waals surface area contributed by atoms with Crippen LogP contribution in [-0.4, -0.2) is 11.1 Å². The van der Waals surface area contributed by atoms with Crippen LogP contribution in [0.1, 0.15) is 19.4 Å². The molecule has 0 amide bonds. The second-order valence-electron chi connectivity index (χ2n) is 4.61. The van der Waals surface area contributed by atoms with Gasteiger partial charge in [-0.15, -0.1) is 0 Å². The summed E-state index contributed by atoms with van der Waals surface area (Å²) in [5, 5.41) is 0. The van der Waals surface area contributed by atoms with Gasteiger partial charge in [0.1, 0.15) is 5.75 Å². The minimum absolute atomic E-state index is 0.123. The SMILES string of the molecule is Cc1cnc(-c2ccccc2OC(C)C)c(N)c1. The standard InChI is InChI=1S/C15H18N2O/c1-10(2)18-14-7-5-4-6-12(14)15-13(16)8-11(3)9-17-15/h4-10H,16H2,1-3H3. The number of nitrogens with two attached hydrogens (primary N) is 1. The highest BCUT2D eigenvalue weighted by molar-refractivity contribution is 5.77. The Balaban J connectivity index is 2.49. The van der Waals surface area contributed by atoms with Crippen molar-refractivity contribution in [1.29, 1.82) is 0 Å². The maximum atomic E-state index is 6.04. The van der Waals surface area contributed by atoms with Gasteiger partial charge in [0.05, 0.1) is 17.5 Å². The molecule has 0 saturated carbocycles. The van der Waals surface area contributed by atoms with E-state index in [9.17, 15) is 0 Å². The molecule has 2 rings (SSSR count). The van der Waals surface area contributed by atoms with E-state index in [4.69, 9.17) is 10.5 Å². The van der Waals surface area contributed by atoms with Crippen LogP contribution in [0.15, 0.2) is 36.5 Å². The third kappa shape index (κ3) is 2.62. The molecule has 94 valence electrons. The molecule has 0 unspecified atom stereocenters. The fourth-order valence-electron chi connectivity index (χ4n) is 1.84. The number of hydrogen-bond acceptors (Lipinski definition) is 3. The normalized spacial score (nSPS) is 10.7. The second kappa shape index (κ2) is 5.08. The maximum Gasteiger partial charge on any atom is 0.129 e. The second-order valence-corrected chi connectivity index (χ2v) is 4.61. The van der Waals surface area contributed by atoms with Crippen LogP contribution in [0, 0.1) is 6.92 Å². The molecule has 3 nitrogen and oxygen atoms in total. The summed E-state index contributed by atoms with van der Waals surface area (Å²) in [5.74, 6) is 0.815. The topological polar surface area (TPSA) is 48.1 Å². The minimum atomic E-state index is 0.123. The lowest BCUT2D eigenvalue weighted by atomic mass is 10.1. The molecule has 3 heteroatoms. The van der Waals surface area contributed by atoms with E-state index < -0.39 is 0 Å². The first kappa shape index (κ1) is 12.4. The van der Waals surface area contributed by atoms with Crippen molar-refractivity contribution in [1.82, 2.24) is 4.98 Å². The molecule has 1 aromatic heterocycles. The van der Waals surface area contributed by atoms with Gasteiger partial charge in [-0.3, -0.25) is 4.98 Å². The molecule has 0 bridgehead atoms. The van der Waals surface area contributed by atoms with Crippen LogP contribution < -0.4 is 10.5 Å². The molecule has 0 aliphatic carbocycles. The highest BCUT2D eigenvalue weighted by atomic mass is 16.5. The van der Waals surface area contributed by atoms with Gasteiger partial charge >= 0.3 is 0 Å². The molecule has 1 aromatic carbocycles. The van der Waals surface area contributed by atoms with Gasteiger partial charge in [0.2, 0.25) is 0 Å².